The molecule has 0 fully saturated rings. The number of nitrogen functional groups attached to an aromatic ring is 1. The summed E-state index contributed by atoms with van der Waals surface area (Å²) in [6.07, 6.45) is 7.23. The van der Waals surface area contributed by atoms with Gasteiger partial charge in [0, 0.05) is 17.6 Å². The number of nitrogens with one attached hydrogen (secondary N) is 1. The van der Waals surface area contributed by atoms with Crippen LogP contribution in [-0.4, -0.2) is 17.1 Å². The zero-order chi connectivity index (χ0) is 19.7. The van der Waals surface area contributed by atoms with Crippen LogP contribution in [0.25, 0.3) is 0 Å². The number of aromatic nitrogens is 1. The summed E-state index contributed by atoms with van der Waals surface area (Å²) in [5.74, 6) is -0.171. The van der Waals surface area contributed by atoms with Crippen LogP contribution in [0.2, 0.25) is 0 Å². The third kappa shape index (κ3) is 3.12. The van der Waals surface area contributed by atoms with E-state index in [-0.39, 0.29) is 5.91 Å². The molecule has 1 aliphatic heterocycles. The molecule has 5 nitrogen and oxygen atoms in total. The number of rotatable bonds is 4. The van der Waals surface area contributed by atoms with Gasteiger partial charge >= 0.3 is 0 Å². The van der Waals surface area contributed by atoms with E-state index in [1.165, 1.54) is 11.3 Å². The molecule has 3 N–H and O–H groups in total. The van der Waals surface area contributed by atoms with Crippen molar-refractivity contribution in [2.24, 2.45) is 4.99 Å². The number of nitrogens with two attached hydrogens (primary N) is 1. The van der Waals surface area contributed by atoms with Gasteiger partial charge in [0.05, 0.1) is 6.20 Å². The highest BCUT2D eigenvalue weighted by atomic mass is 32.1. The Hall–Kier alpha value is -3.25. The number of carbonyl (C=O) groups is 1. The molecular formula is C22H20N4OS. The minimum Gasteiger partial charge on any atom is -0.399 e. The lowest BCUT2D eigenvalue weighted by atomic mass is 9.91. The van der Waals surface area contributed by atoms with Gasteiger partial charge < -0.3 is 11.1 Å². The summed E-state index contributed by atoms with van der Waals surface area (Å²) in [6, 6.07) is 13.5. The first-order valence-electron chi connectivity index (χ1n) is 8.92. The molecule has 0 radical (unpaired) electrons. The molecule has 1 aliphatic rings. The van der Waals surface area contributed by atoms with E-state index in [1.54, 1.807) is 12.4 Å². The molecule has 28 heavy (non-hydrogen) atoms. The normalized spacial score (nSPS) is 17.8. The largest absolute Gasteiger partial charge is 0.399 e. The molecule has 140 valence electrons. The van der Waals surface area contributed by atoms with Crippen LogP contribution in [0.5, 0.6) is 0 Å². The van der Waals surface area contributed by atoms with Crippen LogP contribution in [0.1, 0.15) is 31.4 Å². The van der Waals surface area contributed by atoms with Crippen LogP contribution in [0.15, 0.2) is 65.8 Å². The fraction of sp³-hybridized carbons (Fsp3) is 0.136. The van der Waals surface area contributed by atoms with Gasteiger partial charge in [-0.05, 0) is 54.8 Å². The molecule has 2 heterocycles. The summed E-state index contributed by atoms with van der Waals surface area (Å²) >= 11 is 1.34. The molecule has 0 saturated carbocycles. The minimum atomic E-state index is -0.739. The predicted octanol–water partition coefficient (Wildman–Crippen LogP) is 4.48. The quantitative estimate of drug-likeness (QED) is 0.647. The standard InChI is InChI=1S/C22H20N4OS/c1-14-6-3-7-15(2)19(14)26-20(27)18-13-24-21(28-18)22(10-5-11-25-22)16-8-4-9-17(23)12-16/h3-13H,23H2,1-2H3,(H,26,27). The third-order valence-electron chi connectivity index (χ3n) is 4.80. The van der Waals surface area contributed by atoms with E-state index in [9.17, 15) is 4.79 Å². The van der Waals surface area contributed by atoms with Crippen molar-refractivity contribution in [2.75, 3.05) is 11.1 Å². The van der Waals surface area contributed by atoms with Gasteiger partial charge in [-0.2, -0.15) is 0 Å². The number of para-hydroxylation sites is 1. The van der Waals surface area contributed by atoms with E-state index in [2.05, 4.69) is 15.3 Å². The number of aryl methyl sites for hydroxylation is 2. The number of amides is 1. The summed E-state index contributed by atoms with van der Waals surface area (Å²) in [4.78, 5) is 22.6. The maximum atomic E-state index is 12.8. The number of thiazole rings is 1. The molecule has 0 bridgehead atoms. The summed E-state index contributed by atoms with van der Waals surface area (Å²) in [5, 5.41) is 3.75. The van der Waals surface area contributed by atoms with Gasteiger partial charge in [-0.25, -0.2) is 4.98 Å². The Labute approximate surface area is 167 Å². The second-order valence-electron chi connectivity index (χ2n) is 6.78. The van der Waals surface area contributed by atoms with Crippen molar-refractivity contribution in [3.63, 3.8) is 0 Å². The van der Waals surface area contributed by atoms with Crippen molar-refractivity contribution < 1.29 is 4.79 Å². The maximum Gasteiger partial charge on any atom is 0.267 e. The van der Waals surface area contributed by atoms with Crippen LogP contribution >= 0.6 is 11.3 Å². The first-order valence-corrected chi connectivity index (χ1v) is 9.74. The number of hydrogen-bond acceptors (Lipinski definition) is 5. The van der Waals surface area contributed by atoms with Crippen molar-refractivity contribution in [2.45, 2.75) is 19.4 Å². The van der Waals surface area contributed by atoms with Crippen LogP contribution < -0.4 is 11.1 Å². The highest BCUT2D eigenvalue weighted by Crippen LogP contribution is 2.40. The molecule has 0 aliphatic carbocycles. The molecule has 1 atom stereocenters. The second-order valence-corrected chi connectivity index (χ2v) is 7.81. The van der Waals surface area contributed by atoms with Gasteiger partial charge in [-0.3, -0.25) is 9.79 Å². The monoisotopic (exact) mass is 388 g/mol. The summed E-state index contributed by atoms with van der Waals surface area (Å²) < 4.78 is 0. The number of allylic oxidation sites excluding steroid dienone is 1. The fourth-order valence-corrected chi connectivity index (χ4v) is 4.28. The van der Waals surface area contributed by atoms with Crippen molar-refractivity contribution in [1.82, 2.24) is 4.98 Å². The Balaban J connectivity index is 1.67. The van der Waals surface area contributed by atoms with Gasteiger partial charge in [0.1, 0.15) is 9.88 Å². The molecule has 1 amide bonds. The van der Waals surface area contributed by atoms with Crippen molar-refractivity contribution in [1.29, 1.82) is 0 Å². The fourth-order valence-electron chi connectivity index (χ4n) is 3.32. The number of benzene rings is 2. The van der Waals surface area contributed by atoms with E-state index < -0.39 is 5.54 Å². The van der Waals surface area contributed by atoms with E-state index in [0.29, 0.717) is 10.6 Å². The van der Waals surface area contributed by atoms with E-state index in [1.807, 2.05) is 68.5 Å². The van der Waals surface area contributed by atoms with Gasteiger partial charge in [-0.1, -0.05) is 30.3 Å². The molecule has 1 aromatic heterocycles. The molecule has 1 unspecified atom stereocenters. The Morgan fingerprint density at radius 3 is 2.57 bits per heavy atom. The lowest BCUT2D eigenvalue weighted by Crippen LogP contribution is -2.20. The van der Waals surface area contributed by atoms with Crippen molar-refractivity contribution >= 4 is 34.8 Å². The highest BCUT2D eigenvalue weighted by molar-refractivity contribution is 7.14. The van der Waals surface area contributed by atoms with Crippen molar-refractivity contribution in [3.05, 3.63) is 87.4 Å². The number of carbonyl (C=O) groups excluding carboxylic acids is 1. The average Bonchev–Trinajstić information content (AvgIpc) is 3.35. The zero-order valence-electron chi connectivity index (χ0n) is 15.6. The number of anilines is 2. The number of aliphatic imine (C=N–C) groups is 1. The van der Waals surface area contributed by atoms with Crippen LogP contribution in [0.4, 0.5) is 11.4 Å². The first kappa shape index (κ1) is 18.1. The van der Waals surface area contributed by atoms with Crippen LogP contribution in [0.3, 0.4) is 0 Å². The van der Waals surface area contributed by atoms with Gasteiger partial charge in [0.15, 0.2) is 5.54 Å². The first-order chi connectivity index (χ1) is 13.5. The summed E-state index contributed by atoms with van der Waals surface area (Å²) in [6.45, 7) is 3.96. The van der Waals surface area contributed by atoms with Crippen LogP contribution in [0, 0.1) is 13.8 Å². The topological polar surface area (TPSA) is 80.4 Å². The predicted molar refractivity (Wildman–Crippen MR) is 115 cm³/mol. The minimum absolute atomic E-state index is 0.171. The lowest BCUT2D eigenvalue weighted by Gasteiger charge is -2.22. The molecule has 0 spiro atoms. The molecule has 0 saturated heterocycles. The Morgan fingerprint density at radius 2 is 1.89 bits per heavy atom. The Kier molecular flexibility index (Phi) is 4.57. The van der Waals surface area contributed by atoms with Crippen molar-refractivity contribution in [3.8, 4) is 0 Å². The molecular weight excluding hydrogens is 368 g/mol. The number of hydrogen-bond donors (Lipinski definition) is 2. The van der Waals surface area contributed by atoms with Crippen LogP contribution in [-0.2, 0) is 5.54 Å². The average molecular weight is 388 g/mol. The summed E-state index contributed by atoms with van der Waals surface area (Å²) in [7, 11) is 0. The molecule has 4 rings (SSSR count). The SMILES string of the molecule is Cc1cccc(C)c1NC(=O)c1cnc(C2(c3cccc(N)c3)C=CC=N2)s1. The molecule has 3 aromatic rings. The molecule has 6 heteroatoms. The number of nitrogens with zero attached hydrogens (tertiary/aromatic N) is 2. The lowest BCUT2D eigenvalue weighted by molar-refractivity contribution is 0.103. The van der Waals surface area contributed by atoms with Gasteiger partial charge in [-0.15, -0.1) is 11.3 Å². The Bertz CT molecular complexity index is 1080. The van der Waals surface area contributed by atoms with E-state index in [0.717, 1.165) is 27.4 Å². The maximum absolute atomic E-state index is 12.8. The van der Waals surface area contributed by atoms with E-state index >= 15 is 0 Å². The van der Waals surface area contributed by atoms with Gasteiger partial charge in [0.25, 0.3) is 5.91 Å². The third-order valence-corrected chi connectivity index (χ3v) is 5.92. The summed E-state index contributed by atoms with van der Waals surface area (Å²) in [5.41, 5.74) is 9.71. The highest BCUT2D eigenvalue weighted by Gasteiger charge is 2.36. The Morgan fingerprint density at radius 1 is 1.14 bits per heavy atom. The zero-order valence-corrected chi connectivity index (χ0v) is 16.5. The van der Waals surface area contributed by atoms with Gasteiger partial charge in [0.2, 0.25) is 0 Å². The smallest absolute Gasteiger partial charge is 0.267 e. The second kappa shape index (κ2) is 7.05. The van der Waals surface area contributed by atoms with E-state index in [4.69, 9.17) is 5.73 Å². The molecule has 2 aromatic carbocycles.